The molecule has 0 aromatic carbocycles. The van der Waals surface area contributed by atoms with Crippen molar-refractivity contribution in [2.45, 2.75) is 72.1 Å². The summed E-state index contributed by atoms with van der Waals surface area (Å²) in [5, 5.41) is 12.5. The predicted molar refractivity (Wildman–Crippen MR) is 125 cm³/mol. The van der Waals surface area contributed by atoms with Crippen LogP contribution < -0.4 is 5.73 Å². The van der Waals surface area contributed by atoms with Crippen molar-refractivity contribution in [1.29, 1.82) is 0 Å². The predicted octanol–water partition coefficient (Wildman–Crippen LogP) is 2.46. The number of nitrogens with two attached hydrogens (primary N) is 1. The first-order valence-electron chi connectivity index (χ1n) is 11.1. The van der Waals surface area contributed by atoms with Crippen molar-refractivity contribution in [1.82, 2.24) is 14.8 Å². The number of carbonyl (C=O) groups excluding carboxylic acids is 2. The molecule has 0 fully saturated rings. The highest BCUT2D eigenvalue weighted by Crippen LogP contribution is 2.31. The number of rotatable bonds is 13. The Hall–Kier alpha value is -1.59. The fraction of sp³-hybridized carbons (Fsp3) is 0.773. The van der Waals surface area contributed by atoms with Gasteiger partial charge >= 0.3 is 5.97 Å². The van der Waals surface area contributed by atoms with E-state index in [-0.39, 0.29) is 36.1 Å². The SMILES string of the molecule is CCOC(=O)c1csc([C@@H](C[C@H](C(C)C)N(C)C(=O)[C@@H](N)[C@@H](C)CC)OC(O)N(C)C)n1. The number of aliphatic hydroxyl groups excluding tert-OH is 1. The summed E-state index contributed by atoms with van der Waals surface area (Å²) in [5.74, 6) is -0.475. The van der Waals surface area contributed by atoms with Gasteiger partial charge in [0, 0.05) is 24.9 Å². The molecule has 0 saturated carbocycles. The van der Waals surface area contributed by atoms with Gasteiger partial charge in [-0.3, -0.25) is 9.69 Å². The molecule has 0 saturated heterocycles. The zero-order valence-corrected chi connectivity index (χ0v) is 21.4. The largest absolute Gasteiger partial charge is 0.461 e. The van der Waals surface area contributed by atoms with Gasteiger partial charge in [-0.1, -0.05) is 34.1 Å². The number of nitrogens with zero attached hydrogens (tertiary/aromatic N) is 3. The van der Waals surface area contributed by atoms with Crippen LogP contribution in [0, 0.1) is 11.8 Å². The number of likely N-dealkylation sites (N-methyl/N-ethyl adjacent to an activating group) is 1. The van der Waals surface area contributed by atoms with Gasteiger partial charge in [0.1, 0.15) is 11.1 Å². The maximum absolute atomic E-state index is 13.0. The molecular weight excluding hydrogens is 432 g/mol. The molecule has 10 heteroatoms. The molecule has 0 aliphatic carbocycles. The molecule has 0 bridgehead atoms. The lowest BCUT2D eigenvalue weighted by Crippen LogP contribution is -2.51. The van der Waals surface area contributed by atoms with Crippen molar-refractivity contribution >= 4 is 23.2 Å². The van der Waals surface area contributed by atoms with E-state index in [4.69, 9.17) is 15.2 Å². The Morgan fingerprint density at radius 3 is 2.34 bits per heavy atom. The number of amides is 1. The highest BCUT2D eigenvalue weighted by atomic mass is 32.1. The van der Waals surface area contributed by atoms with Gasteiger partial charge in [0.2, 0.25) is 12.3 Å². The third kappa shape index (κ3) is 7.77. The molecule has 1 rings (SSSR count). The minimum Gasteiger partial charge on any atom is -0.461 e. The van der Waals surface area contributed by atoms with E-state index < -0.39 is 24.5 Å². The number of ether oxygens (including phenoxy) is 2. The Morgan fingerprint density at radius 2 is 1.84 bits per heavy atom. The van der Waals surface area contributed by atoms with Gasteiger partial charge in [-0.15, -0.1) is 11.3 Å². The summed E-state index contributed by atoms with van der Waals surface area (Å²) in [6, 6.07) is -0.805. The first-order valence-corrected chi connectivity index (χ1v) is 12.0. The standard InChI is InChI=1S/C22H40N4O5S/c1-9-14(5)18(23)20(27)26(8)16(13(3)4)11-17(31-22(29)25(6)7)19-24-15(12-32-19)21(28)30-10-2/h12-14,16-18,22,29H,9-11,23H2,1-8H3/t14-,16+,17+,18-,22?/m0/s1. The average molecular weight is 473 g/mol. The van der Waals surface area contributed by atoms with E-state index in [1.165, 1.54) is 16.2 Å². The van der Waals surface area contributed by atoms with Crippen LogP contribution in [0.2, 0.25) is 0 Å². The second-order valence-corrected chi connectivity index (χ2v) is 9.50. The number of carbonyl (C=O) groups is 2. The van der Waals surface area contributed by atoms with Crippen molar-refractivity contribution in [2.24, 2.45) is 17.6 Å². The second kappa shape index (κ2) is 13.2. The molecule has 184 valence electrons. The van der Waals surface area contributed by atoms with Gasteiger partial charge in [0.25, 0.3) is 0 Å². The average Bonchev–Trinajstić information content (AvgIpc) is 3.24. The lowest BCUT2D eigenvalue weighted by molar-refractivity contribution is -0.210. The van der Waals surface area contributed by atoms with Crippen LogP contribution in [0.25, 0.3) is 0 Å². The van der Waals surface area contributed by atoms with Crippen LogP contribution >= 0.6 is 11.3 Å². The number of aliphatic hydroxyl groups is 1. The van der Waals surface area contributed by atoms with Crippen LogP contribution in [-0.2, 0) is 14.3 Å². The molecule has 5 atom stereocenters. The Morgan fingerprint density at radius 1 is 1.22 bits per heavy atom. The molecule has 32 heavy (non-hydrogen) atoms. The maximum Gasteiger partial charge on any atom is 0.357 e. The molecule has 0 aliphatic heterocycles. The highest BCUT2D eigenvalue weighted by Gasteiger charge is 2.33. The lowest BCUT2D eigenvalue weighted by atomic mass is 9.93. The van der Waals surface area contributed by atoms with E-state index in [1.54, 1.807) is 38.3 Å². The fourth-order valence-corrected chi connectivity index (χ4v) is 4.05. The minimum absolute atomic E-state index is 0.0615. The molecule has 1 amide bonds. The van der Waals surface area contributed by atoms with Gasteiger partial charge in [-0.2, -0.15) is 0 Å². The van der Waals surface area contributed by atoms with E-state index in [9.17, 15) is 14.7 Å². The number of hydrogen-bond donors (Lipinski definition) is 2. The molecule has 3 N–H and O–H groups in total. The van der Waals surface area contributed by atoms with Gasteiger partial charge in [0.05, 0.1) is 12.6 Å². The normalized spacial score (nSPS) is 16.5. The Balaban J connectivity index is 3.19. The van der Waals surface area contributed by atoms with Crippen molar-refractivity contribution in [3.05, 3.63) is 16.1 Å². The Bertz CT molecular complexity index is 727. The summed E-state index contributed by atoms with van der Waals surface area (Å²) in [6.45, 7) is 10.0. The third-order valence-electron chi connectivity index (χ3n) is 5.62. The molecule has 9 nitrogen and oxygen atoms in total. The summed E-state index contributed by atoms with van der Waals surface area (Å²) < 4.78 is 10.9. The van der Waals surface area contributed by atoms with Crippen molar-refractivity contribution in [3.8, 4) is 0 Å². The van der Waals surface area contributed by atoms with Gasteiger partial charge in [0.15, 0.2) is 5.69 Å². The monoisotopic (exact) mass is 472 g/mol. The van der Waals surface area contributed by atoms with Crippen LogP contribution in [0.4, 0.5) is 0 Å². The molecule has 0 spiro atoms. The lowest BCUT2D eigenvalue weighted by Gasteiger charge is -2.36. The first-order chi connectivity index (χ1) is 14.9. The number of thiazole rings is 1. The van der Waals surface area contributed by atoms with Crippen LogP contribution in [0.1, 0.15) is 69.1 Å². The zero-order chi connectivity index (χ0) is 24.6. The van der Waals surface area contributed by atoms with Crippen LogP contribution in [0.3, 0.4) is 0 Å². The third-order valence-corrected chi connectivity index (χ3v) is 6.56. The van der Waals surface area contributed by atoms with Crippen LogP contribution in [-0.4, -0.2) is 78.0 Å². The summed E-state index contributed by atoms with van der Waals surface area (Å²) in [5.41, 5.74) is 6.41. The molecule has 1 heterocycles. The summed E-state index contributed by atoms with van der Waals surface area (Å²) >= 11 is 1.26. The van der Waals surface area contributed by atoms with Crippen molar-refractivity contribution in [3.63, 3.8) is 0 Å². The van der Waals surface area contributed by atoms with Gasteiger partial charge in [-0.05, 0) is 32.9 Å². The molecule has 1 aromatic heterocycles. The van der Waals surface area contributed by atoms with E-state index in [2.05, 4.69) is 4.98 Å². The summed E-state index contributed by atoms with van der Waals surface area (Å²) in [4.78, 5) is 32.7. The number of aromatic nitrogens is 1. The van der Waals surface area contributed by atoms with E-state index >= 15 is 0 Å². The number of esters is 1. The van der Waals surface area contributed by atoms with Gasteiger partial charge in [-0.25, -0.2) is 9.78 Å². The molecule has 0 radical (unpaired) electrons. The molecule has 0 aliphatic rings. The quantitative estimate of drug-likeness (QED) is 0.332. The summed E-state index contributed by atoms with van der Waals surface area (Å²) in [7, 11) is 5.13. The second-order valence-electron chi connectivity index (χ2n) is 8.61. The van der Waals surface area contributed by atoms with Crippen molar-refractivity contribution < 1.29 is 24.2 Å². The van der Waals surface area contributed by atoms with Crippen LogP contribution in [0.15, 0.2) is 5.38 Å². The Labute approximate surface area is 195 Å². The van der Waals surface area contributed by atoms with E-state index in [1.807, 2.05) is 27.7 Å². The molecule has 1 aromatic rings. The van der Waals surface area contributed by atoms with E-state index in [0.29, 0.717) is 11.4 Å². The first kappa shape index (κ1) is 28.4. The van der Waals surface area contributed by atoms with Crippen LogP contribution in [0.5, 0.6) is 0 Å². The molecule has 1 unspecified atom stereocenters. The smallest absolute Gasteiger partial charge is 0.357 e. The van der Waals surface area contributed by atoms with Crippen molar-refractivity contribution in [2.75, 3.05) is 27.7 Å². The topological polar surface area (TPSA) is 118 Å². The fourth-order valence-electron chi connectivity index (χ4n) is 3.21. The summed E-state index contributed by atoms with van der Waals surface area (Å²) in [6.07, 6.45) is -0.619. The number of hydrogen-bond acceptors (Lipinski definition) is 9. The molecular formula is C22H40N4O5S. The van der Waals surface area contributed by atoms with Gasteiger partial charge < -0.3 is 25.2 Å². The Kier molecular flexibility index (Phi) is 11.7. The minimum atomic E-state index is -1.17. The highest BCUT2D eigenvalue weighted by molar-refractivity contribution is 7.09. The zero-order valence-electron chi connectivity index (χ0n) is 20.6. The maximum atomic E-state index is 13.0. The van der Waals surface area contributed by atoms with E-state index in [0.717, 1.165) is 6.42 Å².